The topological polar surface area (TPSA) is 97.4 Å². The van der Waals surface area contributed by atoms with Crippen LogP contribution in [0.3, 0.4) is 0 Å². The molecule has 1 aliphatic carbocycles. The fourth-order valence-electron chi connectivity index (χ4n) is 3.06. The zero-order valence-electron chi connectivity index (χ0n) is 15.9. The first-order chi connectivity index (χ1) is 13.4. The Hall–Kier alpha value is -2.74. The van der Waals surface area contributed by atoms with Crippen molar-refractivity contribution in [1.82, 2.24) is 15.6 Å². The molecule has 0 aliphatic heterocycles. The molecule has 148 valence electrons. The van der Waals surface area contributed by atoms with Crippen molar-refractivity contribution in [1.29, 1.82) is 0 Å². The molecule has 0 radical (unpaired) electrons. The van der Waals surface area contributed by atoms with Crippen molar-refractivity contribution in [3.8, 4) is 10.6 Å². The first-order valence-corrected chi connectivity index (χ1v) is 10.1. The van der Waals surface area contributed by atoms with E-state index in [1.807, 2.05) is 30.3 Å². The normalized spacial score (nSPS) is 15.1. The largest absolute Gasteiger partial charge is 0.448 e. The van der Waals surface area contributed by atoms with Crippen LogP contribution in [0.4, 0.5) is 4.79 Å². The molecule has 8 heteroatoms. The minimum atomic E-state index is -1.09. The van der Waals surface area contributed by atoms with Crippen molar-refractivity contribution in [2.75, 3.05) is 0 Å². The van der Waals surface area contributed by atoms with E-state index >= 15 is 0 Å². The summed E-state index contributed by atoms with van der Waals surface area (Å²) in [5.74, 6) is -1.29. The van der Waals surface area contributed by atoms with Gasteiger partial charge in [0.2, 0.25) is 0 Å². The predicted molar refractivity (Wildman–Crippen MR) is 106 cm³/mol. The first kappa shape index (κ1) is 20.0. The molecular weight excluding hydrogens is 378 g/mol. The maximum absolute atomic E-state index is 12.5. The average Bonchev–Trinajstić information content (AvgIpc) is 3.31. The lowest BCUT2D eigenvalue weighted by atomic mass is 10.2. The number of amides is 3. The minimum Gasteiger partial charge on any atom is -0.448 e. The number of nitrogens with one attached hydrogen (secondary N) is 2. The van der Waals surface area contributed by atoms with Crippen LogP contribution in [0.2, 0.25) is 0 Å². The van der Waals surface area contributed by atoms with E-state index in [1.165, 1.54) is 18.3 Å². The first-order valence-electron chi connectivity index (χ1n) is 9.29. The van der Waals surface area contributed by atoms with Crippen LogP contribution < -0.4 is 10.6 Å². The Kier molecular flexibility index (Phi) is 6.41. The second-order valence-corrected chi connectivity index (χ2v) is 7.79. The molecule has 0 saturated heterocycles. The van der Waals surface area contributed by atoms with E-state index in [1.54, 1.807) is 6.92 Å². The molecule has 1 atom stereocenters. The van der Waals surface area contributed by atoms with E-state index in [2.05, 4.69) is 15.6 Å². The highest BCUT2D eigenvalue weighted by Gasteiger charge is 2.25. The Balaban J connectivity index is 1.57. The zero-order chi connectivity index (χ0) is 20.1. The summed E-state index contributed by atoms with van der Waals surface area (Å²) in [5, 5.41) is 5.70. The van der Waals surface area contributed by atoms with Gasteiger partial charge in [0.05, 0.1) is 5.69 Å². The summed E-state index contributed by atoms with van der Waals surface area (Å²) in [4.78, 5) is 41.2. The average molecular weight is 401 g/mol. The van der Waals surface area contributed by atoms with Gasteiger partial charge in [0, 0.05) is 11.6 Å². The quantitative estimate of drug-likeness (QED) is 0.748. The number of esters is 1. The van der Waals surface area contributed by atoms with Gasteiger partial charge in [-0.25, -0.2) is 14.6 Å². The van der Waals surface area contributed by atoms with Crippen molar-refractivity contribution < 1.29 is 19.1 Å². The van der Waals surface area contributed by atoms with Crippen molar-refractivity contribution >= 4 is 29.2 Å². The van der Waals surface area contributed by atoms with Crippen LogP contribution in [0.5, 0.6) is 0 Å². The molecule has 0 spiro atoms. The third kappa shape index (κ3) is 4.95. The van der Waals surface area contributed by atoms with E-state index in [-0.39, 0.29) is 6.04 Å². The lowest BCUT2D eigenvalue weighted by Crippen LogP contribution is -2.47. The number of ether oxygens (including phenoxy) is 1. The number of aromatic nitrogens is 1. The van der Waals surface area contributed by atoms with E-state index in [4.69, 9.17) is 4.74 Å². The Labute approximate surface area is 167 Å². The molecule has 1 aliphatic rings. The highest BCUT2D eigenvalue weighted by molar-refractivity contribution is 7.17. The summed E-state index contributed by atoms with van der Waals surface area (Å²) in [6.07, 6.45) is 2.89. The maximum Gasteiger partial charge on any atom is 0.351 e. The molecule has 2 aromatic rings. The highest BCUT2D eigenvalue weighted by atomic mass is 32.1. The van der Waals surface area contributed by atoms with Crippen molar-refractivity contribution in [2.24, 2.45) is 0 Å². The van der Waals surface area contributed by atoms with Crippen LogP contribution in [-0.4, -0.2) is 35.0 Å². The predicted octanol–water partition coefficient (Wildman–Crippen LogP) is 3.43. The summed E-state index contributed by atoms with van der Waals surface area (Å²) in [7, 11) is 0. The molecule has 1 saturated carbocycles. The molecule has 1 heterocycles. The van der Waals surface area contributed by atoms with Gasteiger partial charge < -0.3 is 10.1 Å². The van der Waals surface area contributed by atoms with E-state index < -0.39 is 24.0 Å². The van der Waals surface area contributed by atoms with Gasteiger partial charge in [-0.1, -0.05) is 43.2 Å². The summed E-state index contributed by atoms with van der Waals surface area (Å²) < 4.78 is 5.24. The summed E-state index contributed by atoms with van der Waals surface area (Å²) in [6, 6.07) is 9.06. The molecule has 0 bridgehead atoms. The third-order valence-corrected chi connectivity index (χ3v) is 5.77. The minimum absolute atomic E-state index is 0.0990. The Morgan fingerprint density at radius 3 is 2.54 bits per heavy atom. The van der Waals surface area contributed by atoms with Gasteiger partial charge in [0.25, 0.3) is 5.91 Å². The number of carbonyl (C=O) groups excluding carboxylic acids is 3. The van der Waals surface area contributed by atoms with E-state index in [9.17, 15) is 14.4 Å². The number of rotatable bonds is 5. The Bertz CT molecular complexity index is 860. The Morgan fingerprint density at radius 2 is 1.86 bits per heavy atom. The molecule has 7 nitrogen and oxygen atoms in total. The fourth-order valence-corrected chi connectivity index (χ4v) is 4.02. The SMILES string of the molecule is Cc1nc(-c2ccccc2)sc1C(=O)OC(C)C(=O)NC(=O)NC1CCCC1. The van der Waals surface area contributed by atoms with Crippen LogP contribution in [0, 0.1) is 6.92 Å². The number of hydrogen-bond donors (Lipinski definition) is 2. The third-order valence-electron chi connectivity index (χ3n) is 4.58. The zero-order valence-corrected chi connectivity index (χ0v) is 16.7. The summed E-state index contributed by atoms with van der Waals surface area (Å²) in [6.45, 7) is 3.16. The number of benzene rings is 1. The van der Waals surface area contributed by atoms with Crippen molar-refractivity contribution in [2.45, 2.75) is 51.7 Å². The molecule has 3 rings (SSSR count). The lowest BCUT2D eigenvalue weighted by Gasteiger charge is -2.15. The van der Waals surface area contributed by atoms with Crippen LogP contribution in [0.25, 0.3) is 10.6 Å². The number of imide groups is 1. The highest BCUT2D eigenvalue weighted by Crippen LogP contribution is 2.28. The number of aryl methyl sites for hydroxylation is 1. The molecule has 1 fully saturated rings. The molecule has 1 aromatic carbocycles. The van der Waals surface area contributed by atoms with Gasteiger partial charge >= 0.3 is 12.0 Å². The number of hydrogen-bond acceptors (Lipinski definition) is 6. The monoisotopic (exact) mass is 401 g/mol. The van der Waals surface area contributed by atoms with Gasteiger partial charge in [0.15, 0.2) is 6.10 Å². The van der Waals surface area contributed by atoms with E-state index in [0.29, 0.717) is 15.6 Å². The van der Waals surface area contributed by atoms with Crippen LogP contribution >= 0.6 is 11.3 Å². The smallest absolute Gasteiger partial charge is 0.351 e. The van der Waals surface area contributed by atoms with Gasteiger partial charge in [0.1, 0.15) is 9.88 Å². The molecule has 2 N–H and O–H groups in total. The van der Waals surface area contributed by atoms with Crippen LogP contribution in [0.15, 0.2) is 30.3 Å². The number of urea groups is 1. The Morgan fingerprint density at radius 1 is 1.18 bits per heavy atom. The van der Waals surface area contributed by atoms with Crippen molar-refractivity contribution in [3.05, 3.63) is 40.9 Å². The van der Waals surface area contributed by atoms with Crippen LogP contribution in [-0.2, 0) is 9.53 Å². The van der Waals surface area contributed by atoms with Gasteiger partial charge in [-0.05, 0) is 26.7 Å². The molecule has 28 heavy (non-hydrogen) atoms. The summed E-state index contributed by atoms with van der Waals surface area (Å²) >= 11 is 1.21. The van der Waals surface area contributed by atoms with Gasteiger partial charge in [-0.2, -0.15) is 0 Å². The molecule has 3 amide bonds. The van der Waals surface area contributed by atoms with Gasteiger partial charge in [-0.3, -0.25) is 10.1 Å². The number of thiazole rings is 1. The second-order valence-electron chi connectivity index (χ2n) is 6.79. The lowest BCUT2D eigenvalue weighted by molar-refractivity contribution is -0.127. The molecular formula is C20H23N3O4S. The molecule has 1 unspecified atom stereocenters. The maximum atomic E-state index is 12.5. The molecule has 1 aromatic heterocycles. The van der Waals surface area contributed by atoms with Crippen LogP contribution in [0.1, 0.15) is 48.0 Å². The summed E-state index contributed by atoms with van der Waals surface area (Å²) in [5.41, 5.74) is 1.45. The van der Waals surface area contributed by atoms with E-state index in [0.717, 1.165) is 31.2 Å². The van der Waals surface area contributed by atoms with Crippen molar-refractivity contribution in [3.63, 3.8) is 0 Å². The number of carbonyl (C=O) groups is 3. The van der Waals surface area contributed by atoms with Gasteiger partial charge in [-0.15, -0.1) is 11.3 Å². The second kappa shape index (κ2) is 8.97. The standard InChI is InChI=1S/C20H23N3O4S/c1-12-16(28-18(21-12)14-8-4-3-5-9-14)19(25)27-13(2)17(24)23-20(26)22-15-10-6-7-11-15/h3-5,8-9,13,15H,6-7,10-11H2,1-2H3,(H2,22,23,24,26). The number of nitrogens with zero attached hydrogens (tertiary/aromatic N) is 1. The fraction of sp³-hybridized carbons (Fsp3) is 0.400.